The van der Waals surface area contributed by atoms with Crippen molar-refractivity contribution in [2.24, 2.45) is 11.3 Å². The standard InChI is InChI=1S/C34H41NO3/c1-21(2)31-29-30(28-26(35-31)18-33(4,5)19-27(28)36)34(17-9-10-22(34)3)38-32(29)24-13-15-25(16-14-24)37-20-23-11-7-6-8-12-23/h6-8,11-16,21-22,27,32,36H,9-10,17-20H2,1-5H3. The number of nitrogens with zero attached hydrogens (tertiary/aromatic N) is 1. The van der Waals surface area contributed by atoms with E-state index >= 15 is 0 Å². The predicted molar refractivity (Wildman–Crippen MR) is 150 cm³/mol. The SMILES string of the molecule is CC(C)c1nc2c(c3c1C(c1ccc(OCc4ccccc4)cc1)OC31CCCC1C)C(O)CC(C)(C)C2. The molecule has 4 unspecified atom stereocenters. The number of pyridine rings is 1. The minimum absolute atomic E-state index is 0.0325. The van der Waals surface area contributed by atoms with Crippen molar-refractivity contribution in [3.8, 4) is 5.75 Å². The molecule has 0 saturated heterocycles. The van der Waals surface area contributed by atoms with Crippen LogP contribution in [0, 0.1) is 11.3 Å². The summed E-state index contributed by atoms with van der Waals surface area (Å²) < 4.78 is 13.3. The Morgan fingerprint density at radius 1 is 1.05 bits per heavy atom. The van der Waals surface area contributed by atoms with Crippen LogP contribution in [0.5, 0.6) is 5.75 Å². The van der Waals surface area contributed by atoms with Gasteiger partial charge in [-0.1, -0.05) is 77.1 Å². The lowest BCUT2D eigenvalue weighted by atomic mass is 9.69. The van der Waals surface area contributed by atoms with E-state index in [1.807, 2.05) is 18.2 Å². The first-order valence-corrected chi connectivity index (χ1v) is 14.4. The topological polar surface area (TPSA) is 51.6 Å². The van der Waals surface area contributed by atoms with Crippen LogP contribution in [-0.2, 0) is 23.4 Å². The molecule has 3 aromatic rings. The first-order chi connectivity index (χ1) is 18.2. The Balaban J connectivity index is 1.43. The molecule has 6 rings (SSSR count). The number of hydrogen-bond donors (Lipinski definition) is 1. The second-order valence-corrected chi connectivity index (χ2v) is 12.9. The quantitative estimate of drug-likeness (QED) is 0.378. The maximum absolute atomic E-state index is 11.6. The summed E-state index contributed by atoms with van der Waals surface area (Å²) in [7, 11) is 0. The molecule has 2 aliphatic carbocycles. The van der Waals surface area contributed by atoms with E-state index in [9.17, 15) is 5.11 Å². The number of aromatic nitrogens is 1. The third-order valence-corrected chi connectivity index (χ3v) is 9.08. The monoisotopic (exact) mass is 511 g/mol. The molecule has 4 nitrogen and oxygen atoms in total. The third kappa shape index (κ3) is 4.26. The summed E-state index contributed by atoms with van der Waals surface area (Å²) in [4.78, 5) is 5.30. The number of rotatable bonds is 5. The van der Waals surface area contributed by atoms with Crippen LogP contribution in [0.25, 0.3) is 0 Å². The predicted octanol–water partition coefficient (Wildman–Crippen LogP) is 7.92. The van der Waals surface area contributed by atoms with Crippen LogP contribution in [0.15, 0.2) is 54.6 Å². The molecule has 1 aliphatic heterocycles. The van der Waals surface area contributed by atoms with Gasteiger partial charge in [0.1, 0.15) is 18.5 Å². The fourth-order valence-corrected chi connectivity index (χ4v) is 7.23. The molecule has 1 spiro atoms. The summed E-state index contributed by atoms with van der Waals surface area (Å²) >= 11 is 0. The molecular weight excluding hydrogens is 470 g/mol. The second-order valence-electron chi connectivity index (χ2n) is 12.9. The number of fused-ring (bicyclic) bond motifs is 4. The van der Waals surface area contributed by atoms with Gasteiger partial charge in [0.15, 0.2) is 0 Å². The van der Waals surface area contributed by atoms with E-state index < -0.39 is 6.10 Å². The van der Waals surface area contributed by atoms with Crippen molar-refractivity contribution >= 4 is 0 Å². The van der Waals surface area contributed by atoms with Crippen molar-refractivity contribution in [3.63, 3.8) is 0 Å². The smallest absolute Gasteiger partial charge is 0.119 e. The van der Waals surface area contributed by atoms with Crippen LogP contribution in [0.3, 0.4) is 0 Å². The minimum atomic E-state index is -0.503. The van der Waals surface area contributed by atoms with E-state index in [4.69, 9.17) is 14.5 Å². The first kappa shape index (κ1) is 25.6. The molecule has 1 N–H and O–H groups in total. The lowest BCUT2D eigenvalue weighted by Crippen LogP contribution is -2.34. The van der Waals surface area contributed by atoms with E-state index in [-0.39, 0.29) is 23.0 Å². The summed E-state index contributed by atoms with van der Waals surface area (Å²) in [5.41, 5.74) is 7.73. The van der Waals surface area contributed by atoms with Gasteiger partial charge in [-0.15, -0.1) is 0 Å². The van der Waals surface area contributed by atoms with Crippen molar-refractivity contribution < 1.29 is 14.6 Å². The van der Waals surface area contributed by atoms with Crippen LogP contribution >= 0.6 is 0 Å². The van der Waals surface area contributed by atoms with Gasteiger partial charge >= 0.3 is 0 Å². The summed E-state index contributed by atoms with van der Waals surface area (Å²) in [5, 5.41) is 11.6. The largest absolute Gasteiger partial charge is 0.489 e. The van der Waals surface area contributed by atoms with Crippen LogP contribution < -0.4 is 4.74 Å². The Morgan fingerprint density at radius 2 is 1.79 bits per heavy atom. The van der Waals surface area contributed by atoms with Crippen molar-refractivity contribution in [1.29, 1.82) is 0 Å². The Bertz CT molecular complexity index is 1310. The van der Waals surface area contributed by atoms with Gasteiger partial charge in [0.25, 0.3) is 0 Å². The number of aliphatic hydroxyl groups is 1. The van der Waals surface area contributed by atoms with Gasteiger partial charge in [-0.2, -0.15) is 0 Å². The van der Waals surface area contributed by atoms with Crippen molar-refractivity contribution in [3.05, 3.63) is 93.8 Å². The first-order valence-electron chi connectivity index (χ1n) is 14.4. The van der Waals surface area contributed by atoms with Crippen LogP contribution in [0.4, 0.5) is 0 Å². The van der Waals surface area contributed by atoms with E-state index in [1.54, 1.807) is 0 Å². The average Bonchev–Trinajstić information content (AvgIpc) is 3.42. The van der Waals surface area contributed by atoms with E-state index in [0.717, 1.165) is 65.9 Å². The van der Waals surface area contributed by atoms with E-state index in [1.165, 1.54) is 11.1 Å². The summed E-state index contributed by atoms with van der Waals surface area (Å²) in [6.07, 6.45) is 4.26. The average molecular weight is 512 g/mol. The van der Waals surface area contributed by atoms with Gasteiger partial charge in [0, 0.05) is 22.5 Å². The number of benzene rings is 2. The van der Waals surface area contributed by atoms with Crippen molar-refractivity contribution in [1.82, 2.24) is 4.98 Å². The highest BCUT2D eigenvalue weighted by molar-refractivity contribution is 5.55. The zero-order valence-electron chi connectivity index (χ0n) is 23.5. The maximum Gasteiger partial charge on any atom is 0.119 e. The summed E-state index contributed by atoms with van der Waals surface area (Å²) in [6.45, 7) is 11.8. The highest BCUT2D eigenvalue weighted by atomic mass is 16.5. The minimum Gasteiger partial charge on any atom is -0.489 e. The van der Waals surface area contributed by atoms with Crippen molar-refractivity contribution in [2.45, 2.75) is 97.1 Å². The lowest BCUT2D eigenvalue weighted by Gasteiger charge is -2.39. The van der Waals surface area contributed by atoms with Crippen LogP contribution in [-0.4, -0.2) is 10.1 Å². The van der Waals surface area contributed by atoms with Gasteiger partial charge in [-0.25, -0.2) is 0 Å². The molecule has 4 heteroatoms. The van der Waals surface area contributed by atoms with Gasteiger partial charge in [-0.3, -0.25) is 4.98 Å². The second kappa shape index (κ2) is 9.50. The Morgan fingerprint density at radius 3 is 2.45 bits per heavy atom. The van der Waals surface area contributed by atoms with Gasteiger partial charge < -0.3 is 14.6 Å². The number of hydrogen-bond acceptors (Lipinski definition) is 4. The molecule has 200 valence electrons. The van der Waals surface area contributed by atoms with Gasteiger partial charge in [0.05, 0.1) is 11.7 Å². The molecule has 2 aromatic carbocycles. The normalized spacial score (nSPS) is 27.5. The van der Waals surface area contributed by atoms with Gasteiger partial charge in [-0.05, 0) is 78.2 Å². The zero-order chi connectivity index (χ0) is 26.7. The lowest BCUT2D eigenvalue weighted by molar-refractivity contribution is -0.0842. The molecule has 1 saturated carbocycles. The summed E-state index contributed by atoms with van der Waals surface area (Å²) in [6, 6.07) is 18.7. The molecular formula is C34H41NO3. The molecule has 1 fully saturated rings. The number of ether oxygens (including phenoxy) is 2. The Kier molecular flexibility index (Phi) is 6.39. The molecule has 0 radical (unpaired) electrons. The Hall–Kier alpha value is -2.69. The fraction of sp³-hybridized carbons (Fsp3) is 0.500. The van der Waals surface area contributed by atoms with E-state index in [0.29, 0.717) is 12.5 Å². The maximum atomic E-state index is 11.6. The van der Waals surface area contributed by atoms with E-state index in [2.05, 4.69) is 71.0 Å². The highest BCUT2D eigenvalue weighted by Gasteiger charge is 2.55. The molecule has 3 aliphatic rings. The molecule has 4 atom stereocenters. The molecule has 0 amide bonds. The highest BCUT2D eigenvalue weighted by Crippen LogP contribution is 2.61. The van der Waals surface area contributed by atoms with Crippen molar-refractivity contribution in [2.75, 3.05) is 0 Å². The van der Waals surface area contributed by atoms with Crippen LogP contribution in [0.1, 0.15) is 118 Å². The molecule has 1 aromatic heterocycles. The molecule has 2 heterocycles. The molecule has 38 heavy (non-hydrogen) atoms. The zero-order valence-corrected chi connectivity index (χ0v) is 23.5. The number of aliphatic hydroxyl groups excluding tert-OH is 1. The van der Waals surface area contributed by atoms with Gasteiger partial charge in [0.2, 0.25) is 0 Å². The fourth-order valence-electron chi connectivity index (χ4n) is 7.23. The molecule has 0 bridgehead atoms. The summed E-state index contributed by atoms with van der Waals surface area (Å²) in [5.74, 6) is 1.51. The Labute approximate surface area is 227 Å². The van der Waals surface area contributed by atoms with Crippen LogP contribution in [0.2, 0.25) is 0 Å². The third-order valence-electron chi connectivity index (χ3n) is 9.08.